The molecule has 0 atom stereocenters. The van der Waals surface area contributed by atoms with Gasteiger partial charge in [-0.15, -0.1) is 0 Å². The minimum Gasteiger partial charge on any atom is -0.395 e. The molecule has 17 heavy (non-hydrogen) atoms. The van der Waals surface area contributed by atoms with Crippen LogP contribution in [0, 0.1) is 6.92 Å². The van der Waals surface area contributed by atoms with Gasteiger partial charge in [0.2, 0.25) is 0 Å². The molecule has 0 bridgehead atoms. The van der Waals surface area contributed by atoms with Gasteiger partial charge in [0.05, 0.1) is 11.4 Å². The number of anilines is 1. The van der Waals surface area contributed by atoms with E-state index in [0.29, 0.717) is 0 Å². The minimum atomic E-state index is 0.771. The molecule has 0 saturated heterocycles. The Balaban J connectivity index is 2.39. The van der Waals surface area contributed by atoms with Gasteiger partial charge in [0.1, 0.15) is 5.03 Å². The molecule has 1 aromatic carbocycles. The molecule has 0 fully saturated rings. The van der Waals surface area contributed by atoms with Gasteiger partial charge in [0.15, 0.2) is 0 Å². The summed E-state index contributed by atoms with van der Waals surface area (Å²) in [4.78, 5) is 1.15. The first-order valence-corrected chi connectivity index (χ1v) is 6.99. The van der Waals surface area contributed by atoms with E-state index in [1.807, 2.05) is 29.8 Å². The van der Waals surface area contributed by atoms with Crippen LogP contribution in [0.3, 0.4) is 0 Å². The van der Waals surface area contributed by atoms with Gasteiger partial charge >= 0.3 is 0 Å². The predicted octanol–water partition coefficient (Wildman–Crippen LogP) is 3.71. The van der Waals surface area contributed by atoms with Gasteiger partial charge in [-0.1, -0.05) is 23.9 Å². The van der Waals surface area contributed by atoms with Crippen molar-refractivity contribution in [3.05, 3.63) is 34.4 Å². The van der Waals surface area contributed by atoms with E-state index in [1.165, 1.54) is 0 Å². The summed E-state index contributed by atoms with van der Waals surface area (Å²) in [7, 11) is 0. The number of benzene rings is 1. The normalized spacial score (nSPS) is 10.8. The average Bonchev–Trinajstić information content (AvgIpc) is 2.59. The Labute approximate surface area is 114 Å². The number of halogens is 1. The molecule has 0 aliphatic carbocycles. The van der Waals surface area contributed by atoms with Crippen LogP contribution in [0.5, 0.6) is 0 Å². The monoisotopic (exact) mass is 311 g/mol. The van der Waals surface area contributed by atoms with Crippen LogP contribution in [0.4, 0.5) is 5.69 Å². The smallest absolute Gasteiger partial charge is 0.122 e. The second kappa shape index (κ2) is 5.14. The van der Waals surface area contributed by atoms with Gasteiger partial charge in [-0.2, -0.15) is 5.10 Å². The van der Waals surface area contributed by atoms with E-state index < -0.39 is 0 Å². The van der Waals surface area contributed by atoms with E-state index in [1.54, 1.807) is 11.8 Å². The summed E-state index contributed by atoms with van der Waals surface area (Å²) < 4.78 is 3.01. The number of rotatable bonds is 3. The minimum absolute atomic E-state index is 0.771. The van der Waals surface area contributed by atoms with Crippen LogP contribution in [0.25, 0.3) is 0 Å². The molecule has 2 rings (SSSR count). The fourth-order valence-corrected chi connectivity index (χ4v) is 3.11. The van der Waals surface area contributed by atoms with Crippen molar-refractivity contribution in [2.45, 2.75) is 30.3 Å². The van der Waals surface area contributed by atoms with Gasteiger partial charge in [0.25, 0.3) is 0 Å². The van der Waals surface area contributed by atoms with Crippen LogP contribution in [0.15, 0.2) is 38.7 Å². The fourth-order valence-electron chi connectivity index (χ4n) is 1.53. The molecular weight excluding hydrogens is 298 g/mol. The van der Waals surface area contributed by atoms with Crippen molar-refractivity contribution in [1.82, 2.24) is 9.78 Å². The van der Waals surface area contributed by atoms with Crippen LogP contribution < -0.4 is 5.73 Å². The maximum atomic E-state index is 6.06. The largest absolute Gasteiger partial charge is 0.395 e. The quantitative estimate of drug-likeness (QED) is 0.939. The topological polar surface area (TPSA) is 43.8 Å². The SMILES string of the molecule is CCn1nc(C)c(N)c1Sc1ccccc1Br. The number of nitrogens with zero attached hydrogens (tertiary/aromatic N) is 2. The lowest BCUT2D eigenvalue weighted by molar-refractivity contribution is 0.602. The highest BCUT2D eigenvalue weighted by atomic mass is 79.9. The van der Waals surface area contributed by atoms with Crippen molar-refractivity contribution in [3.63, 3.8) is 0 Å². The molecule has 0 unspecified atom stereocenters. The highest BCUT2D eigenvalue weighted by Crippen LogP contribution is 2.37. The van der Waals surface area contributed by atoms with Crippen molar-refractivity contribution in [2.24, 2.45) is 0 Å². The first kappa shape index (κ1) is 12.5. The Bertz CT molecular complexity index is 537. The number of aryl methyl sites for hydroxylation is 2. The third-order valence-corrected chi connectivity index (χ3v) is 4.62. The van der Waals surface area contributed by atoms with E-state index >= 15 is 0 Å². The lowest BCUT2D eigenvalue weighted by Gasteiger charge is -2.06. The molecule has 0 spiro atoms. The molecular formula is C12H14BrN3S. The summed E-state index contributed by atoms with van der Waals surface area (Å²) in [5.74, 6) is 0. The van der Waals surface area contributed by atoms with Crippen molar-refractivity contribution in [2.75, 3.05) is 5.73 Å². The predicted molar refractivity (Wildman–Crippen MR) is 75.3 cm³/mol. The van der Waals surface area contributed by atoms with Crippen LogP contribution >= 0.6 is 27.7 Å². The lowest BCUT2D eigenvalue weighted by Crippen LogP contribution is -1.99. The molecule has 1 aromatic heterocycles. The van der Waals surface area contributed by atoms with Crippen LogP contribution in [0.2, 0.25) is 0 Å². The maximum Gasteiger partial charge on any atom is 0.122 e. The Hall–Kier alpha value is -0.940. The molecule has 0 amide bonds. The summed E-state index contributed by atoms with van der Waals surface area (Å²) >= 11 is 5.18. The Morgan fingerprint density at radius 2 is 2.12 bits per heavy atom. The molecule has 3 nitrogen and oxygen atoms in total. The molecule has 1 heterocycles. The maximum absolute atomic E-state index is 6.06. The summed E-state index contributed by atoms with van der Waals surface area (Å²) in [6, 6.07) is 8.11. The Morgan fingerprint density at radius 1 is 1.41 bits per heavy atom. The number of nitrogens with two attached hydrogens (primary N) is 1. The molecule has 0 saturated carbocycles. The summed E-state index contributed by atoms with van der Waals surface area (Å²) in [5.41, 5.74) is 7.72. The first-order chi connectivity index (χ1) is 8.13. The average molecular weight is 312 g/mol. The van der Waals surface area contributed by atoms with E-state index in [9.17, 15) is 0 Å². The second-order valence-electron chi connectivity index (χ2n) is 3.65. The molecule has 0 radical (unpaired) electrons. The van der Waals surface area contributed by atoms with Gasteiger partial charge in [-0.3, -0.25) is 4.68 Å². The van der Waals surface area contributed by atoms with Gasteiger partial charge in [0, 0.05) is 15.9 Å². The van der Waals surface area contributed by atoms with Crippen LogP contribution in [0.1, 0.15) is 12.6 Å². The Morgan fingerprint density at radius 3 is 2.76 bits per heavy atom. The first-order valence-electron chi connectivity index (χ1n) is 5.38. The van der Waals surface area contributed by atoms with Crippen molar-refractivity contribution in [1.29, 1.82) is 0 Å². The highest BCUT2D eigenvalue weighted by Gasteiger charge is 2.13. The zero-order valence-corrected chi connectivity index (χ0v) is 12.2. The molecule has 2 aromatic rings. The van der Waals surface area contributed by atoms with E-state index in [0.717, 1.165) is 32.3 Å². The zero-order valence-electron chi connectivity index (χ0n) is 9.77. The van der Waals surface area contributed by atoms with E-state index in [-0.39, 0.29) is 0 Å². The standard InChI is InChI=1S/C12H14BrN3S/c1-3-16-12(11(14)8(2)15-16)17-10-7-5-4-6-9(10)13/h4-7H,3,14H2,1-2H3. The third kappa shape index (κ3) is 2.50. The molecule has 5 heteroatoms. The number of hydrogen-bond acceptors (Lipinski definition) is 3. The highest BCUT2D eigenvalue weighted by molar-refractivity contribution is 9.10. The van der Waals surface area contributed by atoms with Crippen molar-refractivity contribution >= 4 is 33.4 Å². The van der Waals surface area contributed by atoms with E-state index in [4.69, 9.17) is 5.73 Å². The van der Waals surface area contributed by atoms with Crippen LogP contribution in [-0.2, 0) is 6.54 Å². The number of aromatic nitrogens is 2. The molecule has 2 N–H and O–H groups in total. The lowest BCUT2D eigenvalue weighted by atomic mass is 10.4. The van der Waals surface area contributed by atoms with Gasteiger partial charge in [-0.25, -0.2) is 0 Å². The second-order valence-corrected chi connectivity index (χ2v) is 5.54. The fraction of sp³-hybridized carbons (Fsp3) is 0.250. The summed E-state index contributed by atoms with van der Waals surface area (Å²) in [6.45, 7) is 4.83. The summed E-state index contributed by atoms with van der Waals surface area (Å²) in [6.07, 6.45) is 0. The van der Waals surface area contributed by atoms with Gasteiger partial charge in [-0.05, 0) is 41.9 Å². The van der Waals surface area contributed by atoms with Gasteiger partial charge < -0.3 is 5.73 Å². The summed E-state index contributed by atoms with van der Waals surface area (Å²) in [5, 5.41) is 5.42. The number of hydrogen-bond donors (Lipinski definition) is 1. The van der Waals surface area contributed by atoms with Crippen molar-refractivity contribution < 1.29 is 0 Å². The van der Waals surface area contributed by atoms with Crippen LogP contribution in [-0.4, -0.2) is 9.78 Å². The third-order valence-electron chi connectivity index (χ3n) is 2.47. The zero-order chi connectivity index (χ0) is 12.4. The number of nitrogen functional groups attached to an aromatic ring is 1. The van der Waals surface area contributed by atoms with Crippen molar-refractivity contribution in [3.8, 4) is 0 Å². The molecule has 0 aliphatic heterocycles. The Kier molecular flexibility index (Phi) is 3.79. The molecule has 90 valence electrons. The molecule has 0 aliphatic rings. The van der Waals surface area contributed by atoms with E-state index in [2.05, 4.69) is 34.0 Å².